The predicted octanol–water partition coefficient (Wildman–Crippen LogP) is 1.43. The van der Waals surface area contributed by atoms with Crippen molar-refractivity contribution in [2.45, 2.75) is 32.4 Å². The van der Waals surface area contributed by atoms with E-state index in [0.29, 0.717) is 13.0 Å². The molecule has 1 rings (SSSR count). The van der Waals surface area contributed by atoms with Crippen LogP contribution in [0.1, 0.15) is 25.8 Å². The largest absolute Gasteiger partial charge is 0.393 e. The third-order valence-corrected chi connectivity index (χ3v) is 3.21. The number of hydrogen-bond acceptors (Lipinski definition) is 3. The average molecular weight is 304 g/mol. The zero-order valence-electron chi connectivity index (χ0n) is 13.3. The van der Waals surface area contributed by atoms with E-state index in [1.165, 1.54) is 11.0 Å². The summed E-state index contributed by atoms with van der Waals surface area (Å²) in [6.45, 7) is 3.78. The van der Waals surface area contributed by atoms with Gasteiger partial charge in [-0.1, -0.05) is 30.3 Å². The van der Waals surface area contributed by atoms with Gasteiger partial charge >= 0.3 is 0 Å². The van der Waals surface area contributed by atoms with Crippen LogP contribution in [0.5, 0.6) is 0 Å². The number of carbonyl (C=O) groups excluding carboxylic acids is 2. The summed E-state index contributed by atoms with van der Waals surface area (Å²) in [7, 11) is 1.66. The number of benzene rings is 1. The van der Waals surface area contributed by atoms with Crippen LogP contribution in [-0.4, -0.2) is 47.6 Å². The fourth-order valence-corrected chi connectivity index (χ4v) is 1.88. The van der Waals surface area contributed by atoms with Crippen LogP contribution in [0.3, 0.4) is 0 Å². The molecule has 1 aromatic rings. The molecule has 0 saturated heterocycles. The van der Waals surface area contributed by atoms with Gasteiger partial charge in [0.1, 0.15) is 6.04 Å². The maximum absolute atomic E-state index is 12.1. The highest BCUT2D eigenvalue weighted by Crippen LogP contribution is 2.01. The second-order valence-electron chi connectivity index (χ2n) is 5.37. The van der Waals surface area contributed by atoms with E-state index in [9.17, 15) is 14.7 Å². The number of carbonyl (C=O) groups is 2. The number of rotatable bonds is 7. The molecule has 2 atom stereocenters. The Morgan fingerprint density at radius 3 is 2.50 bits per heavy atom. The minimum absolute atomic E-state index is 0.179. The first-order valence-corrected chi connectivity index (χ1v) is 7.37. The van der Waals surface area contributed by atoms with E-state index in [1.807, 2.05) is 30.3 Å². The summed E-state index contributed by atoms with van der Waals surface area (Å²) in [4.78, 5) is 25.4. The van der Waals surface area contributed by atoms with Gasteiger partial charge in [-0.15, -0.1) is 0 Å². The number of hydrogen-bond donors (Lipinski definition) is 2. The van der Waals surface area contributed by atoms with Crippen LogP contribution in [0, 0.1) is 0 Å². The number of amides is 2. The third-order valence-electron chi connectivity index (χ3n) is 3.21. The van der Waals surface area contributed by atoms with Crippen molar-refractivity contribution < 1.29 is 14.7 Å². The predicted molar refractivity (Wildman–Crippen MR) is 87.0 cm³/mol. The van der Waals surface area contributed by atoms with Crippen molar-refractivity contribution in [1.82, 2.24) is 10.2 Å². The summed E-state index contributed by atoms with van der Waals surface area (Å²) in [6, 6.07) is 8.86. The SMILES string of the molecule is CC(O)CCN(C)C(=O)C(C)NC(=O)/C=C/c1ccccc1. The number of nitrogens with zero attached hydrogens (tertiary/aromatic N) is 1. The van der Waals surface area contributed by atoms with Crippen molar-refractivity contribution in [1.29, 1.82) is 0 Å². The van der Waals surface area contributed by atoms with Crippen molar-refractivity contribution in [2.24, 2.45) is 0 Å². The summed E-state index contributed by atoms with van der Waals surface area (Å²) in [5.74, 6) is -0.490. The fourth-order valence-electron chi connectivity index (χ4n) is 1.88. The molecule has 0 radical (unpaired) electrons. The molecule has 0 bridgehead atoms. The summed E-state index contributed by atoms with van der Waals surface area (Å²) in [5, 5.41) is 11.9. The lowest BCUT2D eigenvalue weighted by Gasteiger charge is -2.22. The van der Waals surface area contributed by atoms with E-state index in [0.717, 1.165) is 5.56 Å². The maximum atomic E-state index is 12.1. The van der Waals surface area contributed by atoms with E-state index >= 15 is 0 Å². The summed E-state index contributed by atoms with van der Waals surface area (Å²) >= 11 is 0. The number of likely N-dealkylation sites (N-methyl/N-ethyl adjacent to an activating group) is 1. The van der Waals surface area contributed by atoms with Gasteiger partial charge in [-0.25, -0.2) is 0 Å². The van der Waals surface area contributed by atoms with Gasteiger partial charge in [0, 0.05) is 19.7 Å². The topological polar surface area (TPSA) is 69.6 Å². The Balaban J connectivity index is 2.46. The Bertz CT molecular complexity index is 512. The lowest BCUT2D eigenvalue weighted by atomic mass is 10.2. The molecule has 2 unspecified atom stereocenters. The van der Waals surface area contributed by atoms with Gasteiger partial charge in [0.2, 0.25) is 11.8 Å². The molecule has 0 spiro atoms. The van der Waals surface area contributed by atoms with Crippen LogP contribution in [0.2, 0.25) is 0 Å². The molecule has 0 aromatic heterocycles. The summed E-state index contributed by atoms with van der Waals surface area (Å²) in [6.07, 6.45) is 3.17. The lowest BCUT2D eigenvalue weighted by molar-refractivity contribution is -0.134. The van der Waals surface area contributed by atoms with Crippen LogP contribution >= 0.6 is 0 Å². The van der Waals surface area contributed by atoms with E-state index in [-0.39, 0.29) is 11.8 Å². The normalized spacial score (nSPS) is 13.6. The van der Waals surface area contributed by atoms with Gasteiger partial charge < -0.3 is 15.3 Å². The molecule has 2 N–H and O–H groups in total. The first-order chi connectivity index (χ1) is 10.4. The summed E-state index contributed by atoms with van der Waals surface area (Å²) in [5.41, 5.74) is 0.922. The second kappa shape index (κ2) is 9.00. The zero-order chi connectivity index (χ0) is 16.5. The average Bonchev–Trinajstić information content (AvgIpc) is 2.50. The lowest BCUT2D eigenvalue weighted by Crippen LogP contribution is -2.45. The molecular formula is C17H24N2O3. The number of aliphatic hydroxyl groups excluding tert-OH is 1. The van der Waals surface area contributed by atoms with E-state index < -0.39 is 12.1 Å². The van der Waals surface area contributed by atoms with Crippen molar-refractivity contribution in [3.63, 3.8) is 0 Å². The van der Waals surface area contributed by atoms with Gasteiger partial charge in [-0.2, -0.15) is 0 Å². The highest BCUT2D eigenvalue weighted by molar-refractivity contribution is 5.95. The monoisotopic (exact) mass is 304 g/mol. The molecule has 2 amide bonds. The number of nitrogens with one attached hydrogen (secondary N) is 1. The molecule has 0 aliphatic heterocycles. The van der Waals surface area contributed by atoms with Gasteiger partial charge in [0.05, 0.1) is 6.10 Å². The minimum Gasteiger partial charge on any atom is -0.393 e. The third kappa shape index (κ3) is 6.54. The molecule has 120 valence electrons. The highest BCUT2D eigenvalue weighted by atomic mass is 16.3. The standard InChI is InChI=1S/C17H24N2O3/c1-13(20)11-12-19(3)17(22)14(2)18-16(21)10-9-15-7-5-4-6-8-15/h4-10,13-14,20H,11-12H2,1-3H3,(H,18,21)/b10-9+. The van der Waals surface area contributed by atoms with E-state index in [4.69, 9.17) is 0 Å². The Morgan fingerprint density at radius 1 is 1.27 bits per heavy atom. The van der Waals surface area contributed by atoms with Crippen molar-refractivity contribution in [2.75, 3.05) is 13.6 Å². The molecule has 0 fully saturated rings. The van der Waals surface area contributed by atoms with Gasteiger partial charge in [-0.05, 0) is 31.9 Å². The molecule has 5 heteroatoms. The van der Waals surface area contributed by atoms with E-state index in [2.05, 4.69) is 5.32 Å². The van der Waals surface area contributed by atoms with Crippen molar-refractivity contribution in [3.05, 3.63) is 42.0 Å². The second-order valence-corrected chi connectivity index (χ2v) is 5.37. The molecule has 0 heterocycles. The fraction of sp³-hybridized carbons (Fsp3) is 0.412. The molecule has 22 heavy (non-hydrogen) atoms. The first kappa shape index (κ1) is 17.9. The molecule has 1 aromatic carbocycles. The first-order valence-electron chi connectivity index (χ1n) is 7.37. The Kier molecular flexibility index (Phi) is 7.32. The molecular weight excluding hydrogens is 280 g/mol. The Hall–Kier alpha value is -2.14. The zero-order valence-corrected chi connectivity index (χ0v) is 13.3. The number of aliphatic hydroxyl groups is 1. The van der Waals surface area contributed by atoms with Crippen LogP contribution in [0.4, 0.5) is 0 Å². The van der Waals surface area contributed by atoms with Crippen LogP contribution in [0.25, 0.3) is 6.08 Å². The smallest absolute Gasteiger partial charge is 0.244 e. The van der Waals surface area contributed by atoms with Crippen molar-refractivity contribution in [3.8, 4) is 0 Å². The molecule has 0 aliphatic rings. The van der Waals surface area contributed by atoms with E-state index in [1.54, 1.807) is 27.0 Å². The van der Waals surface area contributed by atoms with Crippen LogP contribution < -0.4 is 5.32 Å². The molecule has 5 nitrogen and oxygen atoms in total. The van der Waals surface area contributed by atoms with Crippen molar-refractivity contribution >= 4 is 17.9 Å². The van der Waals surface area contributed by atoms with Crippen LogP contribution in [0.15, 0.2) is 36.4 Å². The molecule has 0 saturated carbocycles. The Labute approximate surface area is 131 Å². The minimum atomic E-state index is -0.605. The van der Waals surface area contributed by atoms with Crippen LogP contribution in [-0.2, 0) is 9.59 Å². The van der Waals surface area contributed by atoms with Gasteiger partial charge in [0.15, 0.2) is 0 Å². The van der Waals surface area contributed by atoms with Gasteiger partial charge in [0.25, 0.3) is 0 Å². The van der Waals surface area contributed by atoms with Gasteiger partial charge in [-0.3, -0.25) is 9.59 Å². The summed E-state index contributed by atoms with van der Waals surface area (Å²) < 4.78 is 0. The Morgan fingerprint density at radius 2 is 1.91 bits per heavy atom. The molecule has 0 aliphatic carbocycles. The highest BCUT2D eigenvalue weighted by Gasteiger charge is 2.18. The quantitative estimate of drug-likeness (QED) is 0.749. The maximum Gasteiger partial charge on any atom is 0.244 e.